The Bertz CT molecular complexity index is 803. The van der Waals surface area contributed by atoms with E-state index < -0.39 is 5.60 Å². The van der Waals surface area contributed by atoms with Crippen LogP contribution in [0, 0.1) is 52.3 Å². The normalized spacial score (nSPS) is 44.8. The minimum absolute atomic E-state index is 0.152. The first-order valence-corrected chi connectivity index (χ1v) is 14.9. The molecule has 4 saturated carbocycles. The van der Waals surface area contributed by atoms with E-state index in [9.17, 15) is 9.90 Å². The first kappa shape index (κ1) is 27.2. The predicted molar refractivity (Wildman–Crippen MR) is 144 cm³/mol. The highest BCUT2D eigenvalue weighted by atomic mass is 16.5. The lowest BCUT2D eigenvalue weighted by atomic mass is 9.42. The minimum Gasteiger partial charge on any atom is -0.462 e. The van der Waals surface area contributed by atoms with Gasteiger partial charge in [-0.25, -0.2) is 0 Å². The summed E-state index contributed by atoms with van der Waals surface area (Å²) in [5, 5.41) is 12.1. The van der Waals surface area contributed by atoms with Crippen molar-refractivity contribution >= 4 is 5.97 Å². The Balaban J connectivity index is 1.51. The van der Waals surface area contributed by atoms with Crippen molar-refractivity contribution in [2.75, 3.05) is 0 Å². The van der Waals surface area contributed by atoms with Crippen LogP contribution in [0.15, 0.2) is 12.2 Å². The summed E-state index contributed by atoms with van der Waals surface area (Å²) < 4.78 is 5.58. The van der Waals surface area contributed by atoms with E-state index in [0.717, 1.165) is 54.4 Å². The number of carbonyl (C=O) groups excluding carboxylic acids is 1. The molecule has 0 aliphatic heterocycles. The molecule has 0 heterocycles. The third kappa shape index (κ3) is 4.44. The first-order valence-electron chi connectivity index (χ1n) is 14.9. The Kier molecular flexibility index (Phi) is 7.62. The fraction of sp³-hybridized carbons (Fsp3) is 0.906. The molecule has 10 atom stereocenters. The fourth-order valence-electron chi connectivity index (χ4n) is 10.2. The van der Waals surface area contributed by atoms with E-state index in [1.54, 1.807) is 0 Å². The number of hydrogen-bond acceptors (Lipinski definition) is 3. The monoisotopic (exact) mass is 486 g/mol. The van der Waals surface area contributed by atoms with Crippen LogP contribution < -0.4 is 0 Å². The Morgan fingerprint density at radius 1 is 1.09 bits per heavy atom. The summed E-state index contributed by atoms with van der Waals surface area (Å²) in [6, 6.07) is 0. The molecule has 4 fully saturated rings. The molecule has 0 saturated heterocycles. The number of rotatable bonds is 7. The van der Waals surface area contributed by atoms with Crippen molar-refractivity contribution in [3.8, 4) is 0 Å². The van der Waals surface area contributed by atoms with Crippen LogP contribution in [-0.4, -0.2) is 22.8 Å². The van der Waals surface area contributed by atoms with Crippen LogP contribution in [-0.2, 0) is 9.53 Å². The molecule has 0 radical (unpaired) electrons. The van der Waals surface area contributed by atoms with Gasteiger partial charge >= 0.3 is 5.97 Å². The van der Waals surface area contributed by atoms with Gasteiger partial charge in [-0.2, -0.15) is 0 Å². The van der Waals surface area contributed by atoms with E-state index in [1.165, 1.54) is 51.9 Å². The van der Waals surface area contributed by atoms with Gasteiger partial charge in [0.15, 0.2) is 0 Å². The summed E-state index contributed by atoms with van der Waals surface area (Å²) in [6.45, 7) is 20.6. The Morgan fingerprint density at radius 3 is 2.43 bits per heavy atom. The highest BCUT2D eigenvalue weighted by Crippen LogP contribution is 2.70. The molecule has 0 aromatic rings. The smallest absolute Gasteiger partial charge is 0.302 e. The second-order valence-corrected chi connectivity index (χ2v) is 14.1. The van der Waals surface area contributed by atoms with Gasteiger partial charge < -0.3 is 9.84 Å². The highest BCUT2D eigenvalue weighted by molar-refractivity contribution is 5.66. The lowest BCUT2D eigenvalue weighted by Gasteiger charge is -2.64. The van der Waals surface area contributed by atoms with Crippen LogP contribution in [0.1, 0.15) is 119 Å². The number of esters is 1. The molecule has 4 rings (SSSR count). The van der Waals surface area contributed by atoms with Gasteiger partial charge in [0.2, 0.25) is 0 Å². The molecule has 0 spiro atoms. The Morgan fingerprint density at radius 2 is 1.80 bits per heavy atom. The summed E-state index contributed by atoms with van der Waals surface area (Å²) >= 11 is 0. The van der Waals surface area contributed by atoms with E-state index in [2.05, 4.69) is 48.1 Å². The topological polar surface area (TPSA) is 46.5 Å². The third-order valence-corrected chi connectivity index (χ3v) is 12.3. The third-order valence-electron chi connectivity index (χ3n) is 12.3. The number of hydrogen-bond donors (Lipinski definition) is 1. The molecule has 35 heavy (non-hydrogen) atoms. The molecular weight excluding hydrogens is 432 g/mol. The van der Waals surface area contributed by atoms with E-state index in [1.807, 2.05) is 0 Å². The predicted octanol–water partition coefficient (Wildman–Crippen LogP) is 7.96. The van der Waals surface area contributed by atoms with Crippen LogP contribution in [0.25, 0.3) is 0 Å². The summed E-state index contributed by atoms with van der Waals surface area (Å²) in [5.41, 5.74) is 0.389. The maximum Gasteiger partial charge on any atom is 0.302 e. The summed E-state index contributed by atoms with van der Waals surface area (Å²) in [7, 11) is 0. The molecule has 1 N–H and O–H groups in total. The zero-order valence-corrected chi connectivity index (χ0v) is 23.9. The molecule has 3 heteroatoms. The van der Waals surface area contributed by atoms with Gasteiger partial charge in [-0.3, -0.25) is 4.79 Å². The molecular formula is C32H54O3. The van der Waals surface area contributed by atoms with Crippen LogP contribution in [0.2, 0.25) is 0 Å². The molecule has 0 amide bonds. The maximum absolute atomic E-state index is 12.1. The van der Waals surface area contributed by atoms with Crippen molar-refractivity contribution in [2.24, 2.45) is 52.3 Å². The average molecular weight is 487 g/mol. The summed E-state index contributed by atoms with van der Waals surface area (Å²) in [4.78, 5) is 11.6. The first-order chi connectivity index (χ1) is 16.4. The molecule has 200 valence electrons. The van der Waals surface area contributed by atoms with Crippen LogP contribution in [0.4, 0.5) is 0 Å². The van der Waals surface area contributed by atoms with Gasteiger partial charge in [-0.05, 0) is 104 Å². The number of aliphatic hydroxyl groups is 1. The molecule has 4 aliphatic carbocycles. The molecule has 0 aromatic carbocycles. The van der Waals surface area contributed by atoms with Gasteiger partial charge in [-0.1, -0.05) is 61.0 Å². The van der Waals surface area contributed by atoms with Crippen molar-refractivity contribution in [1.82, 2.24) is 0 Å². The van der Waals surface area contributed by atoms with E-state index in [0.29, 0.717) is 23.7 Å². The van der Waals surface area contributed by atoms with Gasteiger partial charge in [-0.15, -0.1) is 0 Å². The van der Waals surface area contributed by atoms with Gasteiger partial charge in [0.05, 0.1) is 5.60 Å². The Hall–Kier alpha value is -0.830. The van der Waals surface area contributed by atoms with Crippen LogP contribution in [0.3, 0.4) is 0 Å². The summed E-state index contributed by atoms with van der Waals surface area (Å²) in [6.07, 6.45) is 12.4. The van der Waals surface area contributed by atoms with Crippen LogP contribution >= 0.6 is 0 Å². The molecule has 0 unspecified atom stereocenters. The molecule has 0 aromatic heterocycles. The zero-order chi connectivity index (χ0) is 25.8. The molecule has 0 bridgehead atoms. The second kappa shape index (κ2) is 9.80. The summed E-state index contributed by atoms with van der Waals surface area (Å²) in [5.74, 6) is 5.00. The molecule has 4 aliphatic rings. The van der Waals surface area contributed by atoms with Crippen molar-refractivity contribution in [2.45, 2.75) is 131 Å². The minimum atomic E-state index is -0.905. The van der Waals surface area contributed by atoms with Gasteiger partial charge in [0, 0.05) is 18.8 Å². The number of carbonyl (C=O) groups is 1. The Labute approximate surface area is 215 Å². The van der Waals surface area contributed by atoms with E-state index >= 15 is 0 Å². The highest BCUT2D eigenvalue weighted by Gasteiger charge is 2.66. The van der Waals surface area contributed by atoms with Gasteiger partial charge in [0.1, 0.15) is 6.10 Å². The lowest BCUT2D eigenvalue weighted by molar-refractivity contribution is -0.199. The van der Waals surface area contributed by atoms with Crippen molar-refractivity contribution in [1.29, 1.82) is 0 Å². The fourth-order valence-corrected chi connectivity index (χ4v) is 10.2. The van der Waals surface area contributed by atoms with Crippen molar-refractivity contribution in [3.63, 3.8) is 0 Å². The average Bonchev–Trinajstić information content (AvgIpc) is 3.13. The van der Waals surface area contributed by atoms with Crippen molar-refractivity contribution < 1.29 is 14.6 Å². The van der Waals surface area contributed by atoms with E-state index in [-0.39, 0.29) is 17.5 Å². The standard InChI is InChI=1S/C32H54O3/c1-9-24(20(2)3)11-10-21(4)27-12-13-28-26-18-22(5)32(34)19-25(35-23(6)33)14-17-31(32,8)29(26)15-16-30(27,28)7/h20-21,24-29,34H,5,9-19H2,1-4,6-8H3/t21-,24-,25+,26+,27-,28+,29+,30-,31-,32+/m1/s1. The number of fused-ring (bicyclic) bond motifs is 5. The second-order valence-electron chi connectivity index (χ2n) is 14.1. The number of ether oxygens (including phenoxy) is 1. The lowest BCUT2D eigenvalue weighted by Crippen LogP contribution is -2.64. The molecule has 3 nitrogen and oxygen atoms in total. The van der Waals surface area contributed by atoms with Crippen molar-refractivity contribution in [3.05, 3.63) is 12.2 Å². The zero-order valence-electron chi connectivity index (χ0n) is 23.9. The largest absolute Gasteiger partial charge is 0.462 e. The quantitative estimate of drug-likeness (QED) is 0.293. The van der Waals surface area contributed by atoms with Gasteiger partial charge in [0.25, 0.3) is 0 Å². The van der Waals surface area contributed by atoms with E-state index in [4.69, 9.17) is 4.74 Å². The SMILES string of the molecule is C=C1C[C@H]2[C@@H]3CC[C@H]([C@H](C)CC[C@@H](CC)C(C)C)[C@@]3(C)CC[C@@H]2[C@@]2(C)CC[C@H](OC(C)=O)C[C@]12O. The van der Waals surface area contributed by atoms with Crippen LogP contribution in [0.5, 0.6) is 0 Å². The maximum atomic E-state index is 12.1.